The molecule has 19 heavy (non-hydrogen) atoms. The number of anilines is 2. The van der Waals surface area contributed by atoms with Crippen LogP contribution in [0.4, 0.5) is 15.8 Å². The molecule has 1 amide bonds. The molecule has 1 aliphatic heterocycles. The molecule has 0 saturated carbocycles. The largest absolute Gasteiger partial charge is 0.478 e. The number of halogens is 1. The second-order valence-corrected chi connectivity index (χ2v) is 4.29. The summed E-state index contributed by atoms with van der Waals surface area (Å²) in [6, 6.07) is 2.45. The van der Waals surface area contributed by atoms with E-state index < -0.39 is 17.5 Å². The van der Waals surface area contributed by atoms with Gasteiger partial charge in [-0.25, -0.2) is 9.18 Å². The number of carboxylic acid groups (broad SMARTS) is 1. The lowest BCUT2D eigenvalue weighted by Gasteiger charge is -2.23. The van der Waals surface area contributed by atoms with Crippen LogP contribution in [-0.4, -0.2) is 36.6 Å². The van der Waals surface area contributed by atoms with E-state index in [0.29, 0.717) is 19.5 Å². The van der Waals surface area contributed by atoms with E-state index in [-0.39, 0.29) is 23.7 Å². The summed E-state index contributed by atoms with van der Waals surface area (Å²) in [5.74, 6) is -2.28. The summed E-state index contributed by atoms with van der Waals surface area (Å²) < 4.78 is 13.4. The fraction of sp³-hybridized carbons (Fsp3) is 0.333. The summed E-state index contributed by atoms with van der Waals surface area (Å²) in [6.07, 6.45) is 0.683. The molecule has 0 unspecified atom stereocenters. The smallest absolute Gasteiger partial charge is 0.340 e. The van der Waals surface area contributed by atoms with Crippen molar-refractivity contribution in [1.29, 1.82) is 0 Å². The Kier molecular flexibility index (Phi) is 3.55. The number of hydrogen-bond donors (Lipinski definition) is 3. The molecule has 1 fully saturated rings. The Bertz CT molecular complexity index is 533. The van der Waals surface area contributed by atoms with Crippen molar-refractivity contribution in [3.8, 4) is 0 Å². The van der Waals surface area contributed by atoms with Crippen molar-refractivity contribution in [2.45, 2.75) is 6.42 Å². The van der Waals surface area contributed by atoms with Gasteiger partial charge in [-0.05, 0) is 18.6 Å². The molecule has 2 rings (SSSR count). The molecule has 6 nitrogen and oxygen atoms in total. The molecule has 0 bridgehead atoms. The fourth-order valence-corrected chi connectivity index (χ4v) is 2.08. The van der Waals surface area contributed by atoms with Gasteiger partial charge in [-0.3, -0.25) is 4.79 Å². The molecule has 4 N–H and O–H groups in total. The molecule has 1 saturated heterocycles. The van der Waals surface area contributed by atoms with Crippen LogP contribution in [0.25, 0.3) is 0 Å². The lowest BCUT2D eigenvalue weighted by Crippen LogP contribution is -2.34. The third-order valence-electron chi connectivity index (χ3n) is 2.99. The van der Waals surface area contributed by atoms with Crippen molar-refractivity contribution >= 4 is 23.3 Å². The molecule has 0 radical (unpaired) electrons. The minimum absolute atomic E-state index is 0.0331. The predicted molar refractivity (Wildman–Crippen MR) is 67.6 cm³/mol. The maximum Gasteiger partial charge on any atom is 0.340 e. The normalized spacial score (nSPS) is 15.8. The minimum Gasteiger partial charge on any atom is -0.478 e. The molecule has 0 aliphatic carbocycles. The second kappa shape index (κ2) is 5.13. The molecule has 0 spiro atoms. The van der Waals surface area contributed by atoms with Crippen molar-refractivity contribution in [2.24, 2.45) is 0 Å². The SMILES string of the molecule is Nc1c(F)ccc(N2CCCNC(=O)C2)c1C(=O)O. The molecule has 1 heterocycles. The van der Waals surface area contributed by atoms with Crippen molar-refractivity contribution < 1.29 is 19.1 Å². The van der Waals surface area contributed by atoms with Crippen molar-refractivity contribution in [3.05, 3.63) is 23.5 Å². The Morgan fingerprint density at radius 2 is 2.21 bits per heavy atom. The van der Waals surface area contributed by atoms with Gasteiger partial charge in [0.15, 0.2) is 0 Å². The number of carboxylic acids is 1. The molecular weight excluding hydrogens is 253 g/mol. The lowest BCUT2D eigenvalue weighted by atomic mass is 10.1. The standard InChI is InChI=1S/C12H14FN3O3/c13-7-2-3-8(10(11(7)14)12(18)19)16-5-1-4-15-9(17)6-16/h2-3H,1,4-6,14H2,(H,15,17)(H,18,19). The fourth-order valence-electron chi connectivity index (χ4n) is 2.08. The first-order valence-corrected chi connectivity index (χ1v) is 5.83. The summed E-state index contributed by atoms with van der Waals surface area (Å²) in [6.45, 7) is 1.07. The van der Waals surface area contributed by atoms with Crippen LogP contribution in [0.1, 0.15) is 16.8 Å². The molecule has 0 atom stereocenters. The number of carbonyl (C=O) groups is 2. The Morgan fingerprint density at radius 3 is 2.89 bits per heavy atom. The molecule has 1 aromatic rings. The van der Waals surface area contributed by atoms with Gasteiger partial charge in [-0.15, -0.1) is 0 Å². The number of benzene rings is 1. The zero-order chi connectivity index (χ0) is 14.0. The monoisotopic (exact) mass is 267 g/mol. The van der Waals surface area contributed by atoms with Crippen LogP contribution >= 0.6 is 0 Å². The van der Waals surface area contributed by atoms with Gasteiger partial charge in [0.2, 0.25) is 5.91 Å². The minimum atomic E-state index is -1.31. The van der Waals surface area contributed by atoms with Crippen molar-refractivity contribution in [1.82, 2.24) is 5.32 Å². The first kappa shape index (κ1) is 13.1. The van der Waals surface area contributed by atoms with Crippen LogP contribution in [0.3, 0.4) is 0 Å². The zero-order valence-corrected chi connectivity index (χ0v) is 10.1. The highest BCUT2D eigenvalue weighted by Crippen LogP contribution is 2.28. The number of nitrogen functional groups attached to an aromatic ring is 1. The highest BCUT2D eigenvalue weighted by Gasteiger charge is 2.23. The third-order valence-corrected chi connectivity index (χ3v) is 2.99. The van der Waals surface area contributed by atoms with E-state index in [4.69, 9.17) is 10.8 Å². The van der Waals surface area contributed by atoms with Gasteiger partial charge in [-0.1, -0.05) is 0 Å². The van der Waals surface area contributed by atoms with Crippen LogP contribution in [0.15, 0.2) is 12.1 Å². The van der Waals surface area contributed by atoms with E-state index in [1.807, 2.05) is 0 Å². The van der Waals surface area contributed by atoms with Crippen LogP contribution < -0.4 is 16.0 Å². The van der Waals surface area contributed by atoms with E-state index in [1.54, 1.807) is 4.90 Å². The van der Waals surface area contributed by atoms with Crippen molar-refractivity contribution in [2.75, 3.05) is 30.3 Å². The molecule has 102 valence electrons. The van der Waals surface area contributed by atoms with Crippen LogP contribution in [0.5, 0.6) is 0 Å². The highest BCUT2D eigenvalue weighted by atomic mass is 19.1. The zero-order valence-electron chi connectivity index (χ0n) is 10.1. The molecule has 0 aromatic heterocycles. The number of nitrogens with zero attached hydrogens (tertiary/aromatic N) is 1. The van der Waals surface area contributed by atoms with Crippen molar-refractivity contribution in [3.63, 3.8) is 0 Å². The number of hydrogen-bond acceptors (Lipinski definition) is 4. The molecule has 1 aliphatic rings. The number of carbonyl (C=O) groups excluding carboxylic acids is 1. The average molecular weight is 267 g/mol. The summed E-state index contributed by atoms with van der Waals surface area (Å²) in [7, 11) is 0. The van der Waals surface area contributed by atoms with E-state index in [9.17, 15) is 14.0 Å². The number of nitrogens with two attached hydrogens (primary N) is 1. The first-order valence-electron chi connectivity index (χ1n) is 5.83. The van der Waals surface area contributed by atoms with E-state index in [1.165, 1.54) is 6.07 Å². The van der Waals surface area contributed by atoms with E-state index in [0.717, 1.165) is 6.07 Å². The average Bonchev–Trinajstić information content (AvgIpc) is 2.56. The summed E-state index contributed by atoms with van der Waals surface area (Å²) >= 11 is 0. The number of rotatable bonds is 2. The van der Waals surface area contributed by atoms with Gasteiger partial charge in [-0.2, -0.15) is 0 Å². The Labute approximate surface area is 109 Å². The Balaban J connectivity index is 2.46. The van der Waals surface area contributed by atoms with E-state index >= 15 is 0 Å². The lowest BCUT2D eigenvalue weighted by molar-refractivity contribution is -0.119. The first-order chi connectivity index (χ1) is 9.00. The maximum atomic E-state index is 13.4. The second-order valence-electron chi connectivity index (χ2n) is 4.29. The Morgan fingerprint density at radius 1 is 1.47 bits per heavy atom. The van der Waals surface area contributed by atoms with Gasteiger partial charge in [0.25, 0.3) is 0 Å². The maximum absolute atomic E-state index is 13.4. The quantitative estimate of drug-likeness (QED) is 0.675. The van der Waals surface area contributed by atoms with E-state index in [2.05, 4.69) is 5.32 Å². The summed E-state index contributed by atoms with van der Waals surface area (Å²) in [4.78, 5) is 24.3. The third kappa shape index (κ3) is 2.59. The van der Waals surface area contributed by atoms with Gasteiger partial charge < -0.3 is 21.1 Å². The number of amides is 1. The van der Waals surface area contributed by atoms with Gasteiger partial charge in [0.1, 0.15) is 11.4 Å². The van der Waals surface area contributed by atoms with Gasteiger partial charge in [0, 0.05) is 13.1 Å². The van der Waals surface area contributed by atoms with Crippen LogP contribution in [0, 0.1) is 5.82 Å². The number of aromatic carboxylic acids is 1. The topological polar surface area (TPSA) is 95.7 Å². The summed E-state index contributed by atoms with van der Waals surface area (Å²) in [5, 5.41) is 11.8. The number of nitrogens with one attached hydrogen (secondary N) is 1. The highest BCUT2D eigenvalue weighted by molar-refractivity contribution is 6.01. The van der Waals surface area contributed by atoms with Gasteiger partial charge in [0.05, 0.1) is 17.9 Å². The Hall–Kier alpha value is -2.31. The molecule has 7 heteroatoms. The van der Waals surface area contributed by atoms with Crippen LogP contribution in [-0.2, 0) is 4.79 Å². The summed E-state index contributed by atoms with van der Waals surface area (Å²) in [5.41, 5.74) is 5.04. The molecule has 1 aromatic carbocycles. The van der Waals surface area contributed by atoms with Gasteiger partial charge >= 0.3 is 5.97 Å². The molecular formula is C12H14FN3O3. The van der Waals surface area contributed by atoms with Crippen LogP contribution in [0.2, 0.25) is 0 Å². The predicted octanol–water partition coefficient (Wildman–Crippen LogP) is 0.432.